The molecule has 0 aliphatic carbocycles. The fourth-order valence-electron chi connectivity index (χ4n) is 1.55. The Morgan fingerprint density at radius 2 is 0.346 bits per heavy atom. The summed E-state index contributed by atoms with van der Waals surface area (Å²) >= 11 is 0. The minimum atomic E-state index is -7.43. The smallest absolute Gasteiger partial charge is 0.743 e. The molecule has 0 unspecified atom stereocenters. The maximum Gasteiger partial charge on any atom is 3.00 e. The van der Waals surface area contributed by atoms with E-state index < -0.39 is 100 Å². The number of hydrogen-bond donors (Lipinski definition) is 0. The van der Waals surface area contributed by atoms with Gasteiger partial charge in [0.05, 0.1) is 0 Å². The Balaban J connectivity index is -0.000000329. The minimum absolute atomic E-state index is 0. The van der Waals surface area contributed by atoms with Crippen molar-refractivity contribution < 1.29 is 157 Å². The summed E-state index contributed by atoms with van der Waals surface area (Å²) in [6, 6.07) is 0. The van der Waals surface area contributed by atoms with Crippen molar-refractivity contribution in [3.05, 3.63) is 0 Å². The van der Waals surface area contributed by atoms with Crippen molar-refractivity contribution in [3.8, 4) is 0 Å². The van der Waals surface area contributed by atoms with E-state index in [0.29, 0.717) is 0 Å². The Hall–Kier alpha value is -1.34. The van der Waals surface area contributed by atoms with Gasteiger partial charge in [-0.05, 0) is 0 Å². The van der Waals surface area contributed by atoms with Crippen LogP contribution in [0, 0.1) is 0 Å². The van der Waals surface area contributed by atoms with Crippen LogP contribution in [0.15, 0.2) is 0 Å². The molecule has 9 nitrogen and oxygen atoms in total. The molecule has 0 aromatic rings. The number of rotatable bonds is 9. The van der Waals surface area contributed by atoms with Crippen LogP contribution in [0.3, 0.4) is 0 Å². The van der Waals surface area contributed by atoms with E-state index in [1.54, 1.807) is 0 Å². The van der Waals surface area contributed by atoms with Crippen LogP contribution >= 0.6 is 0 Å². The van der Waals surface area contributed by atoms with Gasteiger partial charge in [0.1, 0.15) is 0 Å². The van der Waals surface area contributed by atoms with E-state index in [2.05, 4.69) is 0 Å². The van der Waals surface area contributed by atoms with E-state index in [9.17, 15) is 157 Å². The van der Waals surface area contributed by atoms with Crippen molar-refractivity contribution in [3.63, 3.8) is 0 Å². The van der Waals surface area contributed by atoms with Gasteiger partial charge in [0.25, 0.3) is 0 Å². The molecule has 0 atom stereocenters. The number of alkyl halides is 27. The summed E-state index contributed by atoms with van der Waals surface area (Å²) in [5, 5.41) is -21.3. The average Bonchev–Trinajstić information content (AvgIpc) is 2.79. The Bertz CT molecular complexity index is 1370. The van der Waals surface area contributed by atoms with Gasteiger partial charge in [-0.1, -0.05) is 0 Å². The first kappa shape index (κ1) is 57.4. The van der Waals surface area contributed by atoms with Crippen LogP contribution < -0.4 is 0 Å². The van der Waals surface area contributed by atoms with Gasteiger partial charge in [-0.3, -0.25) is 0 Å². The zero-order chi connectivity index (χ0) is 43.5. The number of halogens is 27. The molecule has 314 valence electrons. The van der Waals surface area contributed by atoms with Gasteiger partial charge in [-0.25, -0.2) is 25.3 Å². The Morgan fingerprint density at radius 1 is 0.250 bits per heavy atom. The Kier molecular flexibility index (Phi) is 16.5. The average molecular weight is 1020 g/mol. The third kappa shape index (κ3) is 9.71. The van der Waals surface area contributed by atoms with Crippen molar-refractivity contribution in [2.75, 3.05) is 0 Å². The largest absolute Gasteiger partial charge is 3.00 e. The maximum absolute atomic E-state index is 12.2. The van der Waals surface area contributed by atoms with Crippen molar-refractivity contribution >= 4 is 54.8 Å². The normalized spacial score (nSPS) is 15.8. The van der Waals surface area contributed by atoms with Crippen molar-refractivity contribution in [1.82, 2.24) is 0 Å². The second-order valence-corrected chi connectivity index (χ2v) is 12.1. The van der Waals surface area contributed by atoms with E-state index in [1.807, 2.05) is 0 Å². The molecule has 0 amide bonds. The molecule has 0 rings (SSSR count). The minimum Gasteiger partial charge on any atom is -0.743 e. The molecule has 0 heterocycles. The van der Waals surface area contributed by atoms with Crippen LogP contribution in [0.4, 0.5) is 119 Å². The Labute approximate surface area is 282 Å². The van der Waals surface area contributed by atoms with Gasteiger partial charge >= 0.3 is 94.3 Å². The van der Waals surface area contributed by atoms with E-state index in [4.69, 9.17) is 0 Å². The van der Waals surface area contributed by atoms with Gasteiger partial charge in [0.15, 0.2) is 30.4 Å². The zero-order valence-corrected chi connectivity index (χ0v) is 26.6. The van der Waals surface area contributed by atoms with E-state index in [0.717, 1.165) is 0 Å². The molecular weight excluding hydrogens is 1020 g/mol. The molecule has 0 aliphatic rings. The molecule has 0 N–H and O–H groups in total. The summed E-state index contributed by atoms with van der Waals surface area (Å²) in [6.07, 6.45) is -21.5. The molecule has 0 fully saturated rings. The topological polar surface area (TPSA) is 172 Å². The van der Waals surface area contributed by atoms with Crippen LogP contribution in [-0.4, -0.2) is 133 Å². The van der Waals surface area contributed by atoms with Crippen molar-refractivity contribution in [2.45, 2.75) is 69.8 Å². The van der Waals surface area contributed by atoms with Gasteiger partial charge in [-0.15, -0.1) is 0 Å². The molecule has 52 heavy (non-hydrogen) atoms. The summed E-state index contributed by atoms with van der Waals surface area (Å²) in [5.74, 6) is -44.5. The molecular formula is C12F27O9S3Sb. The van der Waals surface area contributed by atoms with Gasteiger partial charge in [0.2, 0.25) is 0 Å². The molecule has 40 heteroatoms. The SMILES string of the molecule is O=S(=O)([O-])C(F)(F)C(F)(F)C(F)(F)C(F)(F)F.O=S(=O)([O-])C(F)(F)C(F)(F)C(F)(F)C(F)(F)F.O=S(=O)([O-])C(F)(F)C(F)(F)C(F)(F)C(F)(F)F.[Sb+3]. The second-order valence-electron chi connectivity index (χ2n) is 7.85. The van der Waals surface area contributed by atoms with E-state index in [-0.39, 0.29) is 24.4 Å². The quantitative estimate of drug-likeness (QED) is 0.165. The molecule has 0 spiro atoms. The van der Waals surface area contributed by atoms with Crippen LogP contribution in [0.25, 0.3) is 0 Å². The van der Waals surface area contributed by atoms with Crippen LogP contribution in [-0.2, 0) is 30.4 Å². The van der Waals surface area contributed by atoms with E-state index >= 15 is 0 Å². The molecule has 0 aliphatic heterocycles. The summed E-state index contributed by atoms with van der Waals surface area (Å²) in [5.41, 5.74) is 0. The van der Waals surface area contributed by atoms with Gasteiger partial charge < -0.3 is 13.7 Å². The van der Waals surface area contributed by atoms with Crippen molar-refractivity contribution in [2.24, 2.45) is 0 Å². The number of hydrogen-bond acceptors (Lipinski definition) is 9. The van der Waals surface area contributed by atoms with Crippen LogP contribution in [0.5, 0.6) is 0 Å². The molecule has 0 saturated carbocycles. The summed E-state index contributed by atoms with van der Waals surface area (Å²) in [6.45, 7) is 0. The second kappa shape index (κ2) is 15.0. The fraction of sp³-hybridized carbons (Fsp3) is 1.00. The summed E-state index contributed by atoms with van der Waals surface area (Å²) < 4.78 is 406. The first-order valence-corrected chi connectivity index (χ1v) is 13.7. The summed E-state index contributed by atoms with van der Waals surface area (Å²) in [4.78, 5) is 0. The zero-order valence-electron chi connectivity index (χ0n) is 21.6. The maximum atomic E-state index is 12.2. The molecule has 0 bridgehead atoms. The molecule has 0 aromatic carbocycles. The third-order valence-electron chi connectivity index (χ3n) is 4.29. The predicted molar refractivity (Wildman–Crippen MR) is 97.5 cm³/mol. The standard InChI is InChI=1S/3C4HF9O3S.Sb/c3*5-1(6,3(9,10)11)2(7,8)4(12,13)17(14,15)16;/h3*(H,14,15,16);/q;;;+3/p-3. The first-order valence-electron chi connectivity index (χ1n) is 9.46. The summed E-state index contributed by atoms with van der Waals surface area (Å²) in [7, 11) is -22.3. The first-order chi connectivity index (χ1) is 21.0. The van der Waals surface area contributed by atoms with Gasteiger partial charge in [0, 0.05) is 0 Å². The van der Waals surface area contributed by atoms with Crippen LogP contribution in [0.1, 0.15) is 0 Å². The molecule has 0 aromatic heterocycles. The van der Waals surface area contributed by atoms with Crippen LogP contribution in [0.2, 0.25) is 0 Å². The fourth-order valence-corrected chi connectivity index (χ4v) is 2.88. The molecule has 2 radical (unpaired) electrons. The predicted octanol–water partition coefficient (Wildman–Crippen LogP) is 5.49. The van der Waals surface area contributed by atoms with E-state index in [1.165, 1.54) is 0 Å². The third-order valence-corrected chi connectivity index (χ3v) is 6.94. The molecule has 0 saturated heterocycles. The van der Waals surface area contributed by atoms with Crippen molar-refractivity contribution in [1.29, 1.82) is 0 Å². The van der Waals surface area contributed by atoms with Gasteiger partial charge in [-0.2, -0.15) is 119 Å². The monoisotopic (exact) mass is 1020 g/mol. The Morgan fingerprint density at radius 3 is 0.404 bits per heavy atom.